The zero-order chi connectivity index (χ0) is 16.1. The van der Waals surface area contributed by atoms with Gasteiger partial charge in [-0.25, -0.2) is 0 Å². The lowest BCUT2D eigenvalue weighted by Gasteiger charge is -2.13. The predicted molar refractivity (Wildman–Crippen MR) is 88.9 cm³/mol. The average Bonchev–Trinajstić information content (AvgIpc) is 2.79. The van der Waals surface area contributed by atoms with E-state index in [-0.39, 0.29) is 17.3 Å². The Morgan fingerprint density at radius 2 is 2.14 bits per heavy atom. The molecule has 2 aromatic rings. The number of carbonyl (C=O) groups is 1. The number of anilines is 1. The Morgan fingerprint density at radius 3 is 2.77 bits per heavy atom. The van der Waals surface area contributed by atoms with E-state index in [1.165, 1.54) is 4.57 Å². The zero-order valence-electron chi connectivity index (χ0n) is 13.0. The van der Waals surface area contributed by atoms with E-state index >= 15 is 0 Å². The smallest absolute Gasteiger partial charge is 0.307 e. The van der Waals surface area contributed by atoms with Crippen LogP contribution in [0.2, 0.25) is 0 Å². The Morgan fingerprint density at radius 1 is 1.36 bits per heavy atom. The van der Waals surface area contributed by atoms with Crippen LogP contribution in [0.3, 0.4) is 0 Å². The van der Waals surface area contributed by atoms with Crippen molar-refractivity contribution in [2.24, 2.45) is 0 Å². The van der Waals surface area contributed by atoms with Gasteiger partial charge in [-0.05, 0) is 38.0 Å². The number of ether oxygens (including phenoxy) is 1. The molecule has 0 radical (unpaired) electrons. The van der Waals surface area contributed by atoms with Gasteiger partial charge < -0.3 is 10.1 Å². The SMILES string of the molecule is CCCOc1cc(C)ccc1NC(=O)Cn1c(C)csc1=O. The van der Waals surface area contributed by atoms with Gasteiger partial charge in [-0.1, -0.05) is 24.3 Å². The number of rotatable bonds is 6. The van der Waals surface area contributed by atoms with Crippen molar-refractivity contribution in [2.45, 2.75) is 33.7 Å². The second-order valence-corrected chi connectivity index (χ2v) is 5.95. The fourth-order valence-corrected chi connectivity index (χ4v) is 2.73. The van der Waals surface area contributed by atoms with Crippen molar-refractivity contribution in [3.05, 3.63) is 44.5 Å². The first-order valence-electron chi connectivity index (χ1n) is 7.19. The molecule has 1 N–H and O–H groups in total. The van der Waals surface area contributed by atoms with E-state index in [4.69, 9.17) is 4.74 Å². The van der Waals surface area contributed by atoms with E-state index in [2.05, 4.69) is 5.32 Å². The minimum Gasteiger partial charge on any atom is -0.491 e. The molecule has 0 fully saturated rings. The molecule has 22 heavy (non-hydrogen) atoms. The Kier molecular flexibility index (Phi) is 5.38. The normalized spacial score (nSPS) is 10.5. The molecule has 0 spiro atoms. The fourth-order valence-electron chi connectivity index (χ4n) is 1.99. The van der Waals surface area contributed by atoms with Crippen LogP contribution in [0.5, 0.6) is 5.75 Å². The molecule has 6 heteroatoms. The van der Waals surface area contributed by atoms with Crippen LogP contribution in [0.25, 0.3) is 0 Å². The second kappa shape index (κ2) is 7.26. The van der Waals surface area contributed by atoms with E-state index in [1.807, 2.05) is 39.0 Å². The summed E-state index contributed by atoms with van der Waals surface area (Å²) in [6.07, 6.45) is 0.894. The van der Waals surface area contributed by atoms with Crippen LogP contribution < -0.4 is 14.9 Å². The van der Waals surface area contributed by atoms with Gasteiger partial charge in [0.1, 0.15) is 12.3 Å². The molecule has 1 aromatic carbocycles. The number of hydrogen-bond acceptors (Lipinski definition) is 4. The lowest BCUT2D eigenvalue weighted by atomic mass is 10.2. The predicted octanol–water partition coefficient (Wildman–Crippen LogP) is 2.95. The quantitative estimate of drug-likeness (QED) is 0.890. The maximum atomic E-state index is 12.2. The first kappa shape index (κ1) is 16.3. The van der Waals surface area contributed by atoms with Crippen molar-refractivity contribution in [2.75, 3.05) is 11.9 Å². The number of carbonyl (C=O) groups excluding carboxylic acids is 1. The molecular weight excluding hydrogens is 300 g/mol. The fraction of sp³-hybridized carbons (Fsp3) is 0.375. The molecule has 0 bridgehead atoms. The number of nitrogens with zero attached hydrogens (tertiary/aromatic N) is 1. The minimum atomic E-state index is -0.242. The summed E-state index contributed by atoms with van der Waals surface area (Å²) < 4.78 is 7.13. The van der Waals surface area contributed by atoms with Crippen LogP contribution in [-0.4, -0.2) is 17.1 Å². The maximum Gasteiger partial charge on any atom is 0.307 e. The molecule has 1 aromatic heterocycles. The molecule has 0 saturated heterocycles. The van der Waals surface area contributed by atoms with Crippen LogP contribution in [-0.2, 0) is 11.3 Å². The molecule has 0 atom stereocenters. The van der Waals surface area contributed by atoms with Crippen molar-refractivity contribution < 1.29 is 9.53 Å². The monoisotopic (exact) mass is 320 g/mol. The van der Waals surface area contributed by atoms with E-state index in [9.17, 15) is 9.59 Å². The van der Waals surface area contributed by atoms with Crippen molar-refractivity contribution in [3.63, 3.8) is 0 Å². The number of thiazole rings is 1. The Balaban J connectivity index is 2.12. The Hall–Kier alpha value is -2.08. The first-order valence-corrected chi connectivity index (χ1v) is 8.07. The number of aromatic nitrogens is 1. The van der Waals surface area contributed by atoms with Crippen LogP contribution >= 0.6 is 11.3 Å². The first-order chi connectivity index (χ1) is 10.5. The van der Waals surface area contributed by atoms with Gasteiger partial charge in [0.25, 0.3) is 0 Å². The Labute approximate surface area is 133 Å². The van der Waals surface area contributed by atoms with E-state index in [0.717, 1.165) is 29.0 Å². The molecule has 5 nitrogen and oxygen atoms in total. The molecule has 0 aliphatic heterocycles. The summed E-state index contributed by atoms with van der Waals surface area (Å²) in [7, 11) is 0. The highest BCUT2D eigenvalue weighted by Gasteiger charge is 2.11. The van der Waals surface area contributed by atoms with E-state index in [1.54, 1.807) is 5.38 Å². The molecule has 0 aliphatic rings. The zero-order valence-corrected chi connectivity index (χ0v) is 13.8. The van der Waals surface area contributed by atoms with Crippen molar-refractivity contribution in [3.8, 4) is 5.75 Å². The van der Waals surface area contributed by atoms with Crippen LogP contribution in [0.15, 0.2) is 28.4 Å². The Bertz CT molecular complexity index is 718. The number of hydrogen-bond donors (Lipinski definition) is 1. The van der Waals surface area contributed by atoms with Gasteiger partial charge in [-0.15, -0.1) is 0 Å². The molecule has 2 rings (SSSR count). The van der Waals surface area contributed by atoms with Gasteiger partial charge in [0.15, 0.2) is 0 Å². The molecule has 0 unspecified atom stereocenters. The van der Waals surface area contributed by atoms with Crippen LogP contribution in [0, 0.1) is 13.8 Å². The van der Waals surface area contributed by atoms with Crippen LogP contribution in [0.1, 0.15) is 24.6 Å². The second-order valence-electron chi connectivity index (χ2n) is 5.13. The van der Waals surface area contributed by atoms with Gasteiger partial charge >= 0.3 is 4.87 Å². The third-order valence-corrected chi connectivity index (χ3v) is 4.03. The standard InChI is InChI=1S/C16H20N2O3S/c1-4-7-21-14-8-11(2)5-6-13(14)17-15(19)9-18-12(3)10-22-16(18)20/h5-6,8,10H,4,7,9H2,1-3H3,(H,17,19). The van der Waals surface area contributed by atoms with Crippen molar-refractivity contribution >= 4 is 22.9 Å². The highest BCUT2D eigenvalue weighted by atomic mass is 32.1. The molecular formula is C16H20N2O3S. The summed E-state index contributed by atoms with van der Waals surface area (Å²) in [5, 5.41) is 4.57. The van der Waals surface area contributed by atoms with Gasteiger partial charge in [0, 0.05) is 11.1 Å². The highest BCUT2D eigenvalue weighted by Crippen LogP contribution is 2.26. The average molecular weight is 320 g/mol. The molecule has 0 saturated carbocycles. The van der Waals surface area contributed by atoms with Crippen LogP contribution in [0.4, 0.5) is 5.69 Å². The minimum absolute atomic E-state index is 0.00919. The summed E-state index contributed by atoms with van der Waals surface area (Å²) in [6.45, 7) is 6.41. The summed E-state index contributed by atoms with van der Waals surface area (Å²) >= 11 is 1.10. The van der Waals surface area contributed by atoms with Crippen molar-refractivity contribution in [1.29, 1.82) is 0 Å². The summed E-state index contributed by atoms with van der Waals surface area (Å²) in [5.41, 5.74) is 2.48. The molecule has 0 aliphatic carbocycles. The van der Waals surface area contributed by atoms with Gasteiger partial charge in [0.05, 0.1) is 12.3 Å². The molecule has 1 amide bonds. The number of benzene rings is 1. The number of amides is 1. The summed E-state index contributed by atoms with van der Waals surface area (Å²) in [6, 6.07) is 5.63. The summed E-state index contributed by atoms with van der Waals surface area (Å²) in [4.78, 5) is 23.7. The van der Waals surface area contributed by atoms with Gasteiger partial charge in [-0.2, -0.15) is 0 Å². The third kappa shape index (κ3) is 3.98. The van der Waals surface area contributed by atoms with Gasteiger partial charge in [-0.3, -0.25) is 14.2 Å². The highest BCUT2D eigenvalue weighted by molar-refractivity contribution is 7.07. The number of aryl methyl sites for hydroxylation is 2. The summed E-state index contributed by atoms with van der Waals surface area (Å²) in [5.74, 6) is 0.415. The molecule has 1 heterocycles. The van der Waals surface area contributed by atoms with E-state index in [0.29, 0.717) is 18.0 Å². The topological polar surface area (TPSA) is 60.3 Å². The maximum absolute atomic E-state index is 12.2. The lowest BCUT2D eigenvalue weighted by molar-refractivity contribution is -0.116. The third-order valence-electron chi connectivity index (χ3n) is 3.15. The van der Waals surface area contributed by atoms with Gasteiger partial charge in [0.2, 0.25) is 5.91 Å². The van der Waals surface area contributed by atoms with Crippen molar-refractivity contribution in [1.82, 2.24) is 4.57 Å². The largest absolute Gasteiger partial charge is 0.491 e. The van der Waals surface area contributed by atoms with E-state index < -0.39 is 0 Å². The molecule has 118 valence electrons. The number of nitrogens with one attached hydrogen (secondary N) is 1. The lowest BCUT2D eigenvalue weighted by Crippen LogP contribution is -2.25.